The fraction of sp³-hybridized carbons (Fsp3) is 0.241. The highest BCUT2D eigenvalue weighted by Crippen LogP contribution is 2.37. The van der Waals surface area contributed by atoms with Crippen molar-refractivity contribution in [1.82, 2.24) is 25.2 Å². The molecule has 194 valence electrons. The minimum absolute atomic E-state index is 0.0156. The molecule has 3 aromatic heterocycles. The molecule has 0 saturated heterocycles. The molecule has 1 aromatic carbocycles. The fourth-order valence-electron chi connectivity index (χ4n) is 4.51. The van der Waals surface area contributed by atoms with Gasteiger partial charge in [0.25, 0.3) is 5.91 Å². The Morgan fingerprint density at radius 3 is 2.76 bits per heavy atom. The number of rotatable bonds is 8. The number of carbonyl (C=O) groups is 2. The first kappa shape index (κ1) is 25.6. The van der Waals surface area contributed by atoms with E-state index in [4.69, 9.17) is 4.98 Å². The van der Waals surface area contributed by atoms with Gasteiger partial charge in [-0.2, -0.15) is 0 Å². The van der Waals surface area contributed by atoms with E-state index in [1.54, 1.807) is 17.5 Å². The first-order chi connectivity index (χ1) is 18.3. The van der Waals surface area contributed by atoms with Crippen molar-refractivity contribution >= 4 is 40.5 Å². The molecule has 2 amide bonds. The predicted octanol–water partition coefficient (Wildman–Crippen LogP) is 4.53. The quantitative estimate of drug-likeness (QED) is 0.293. The van der Waals surface area contributed by atoms with Crippen molar-refractivity contribution in [2.24, 2.45) is 0 Å². The number of carbonyl (C=O) groups excluding carboxylic acids is 2. The van der Waals surface area contributed by atoms with Gasteiger partial charge in [-0.15, -0.1) is 11.3 Å². The van der Waals surface area contributed by atoms with Crippen molar-refractivity contribution in [3.63, 3.8) is 0 Å². The van der Waals surface area contributed by atoms with E-state index in [2.05, 4.69) is 20.6 Å². The van der Waals surface area contributed by atoms with Crippen molar-refractivity contribution in [2.75, 3.05) is 32.5 Å². The number of hydrogen-bond donors (Lipinski definition) is 3. The van der Waals surface area contributed by atoms with Crippen LogP contribution in [-0.2, 0) is 16.0 Å². The van der Waals surface area contributed by atoms with Gasteiger partial charge in [-0.25, -0.2) is 4.98 Å². The lowest BCUT2D eigenvalue weighted by Gasteiger charge is -2.10. The van der Waals surface area contributed by atoms with Crippen LogP contribution in [0.25, 0.3) is 33.6 Å². The standard InChI is InChI=1S/C29H30N6O2S/c1-17-20(15-27(36)31-11-12-35(3)4)18(2)32-25(17)14-22-21-13-19(8-9-23(21)33-28(22)37)26-16-38-29(34-26)24-7-5-6-10-30-24/h5-10,13-14,16,32H,11-12,15H2,1-4H3,(H,31,36)(H,33,37)/b22-14-. The van der Waals surface area contributed by atoms with E-state index in [0.29, 0.717) is 18.5 Å². The highest BCUT2D eigenvalue weighted by atomic mass is 32.1. The number of nitrogens with one attached hydrogen (secondary N) is 3. The van der Waals surface area contributed by atoms with Crippen molar-refractivity contribution in [3.05, 3.63) is 76.1 Å². The first-order valence-corrected chi connectivity index (χ1v) is 13.3. The number of nitrogens with zero attached hydrogens (tertiary/aromatic N) is 3. The Morgan fingerprint density at radius 1 is 1.16 bits per heavy atom. The highest BCUT2D eigenvalue weighted by Gasteiger charge is 2.26. The Balaban J connectivity index is 1.41. The second-order valence-electron chi connectivity index (χ2n) is 9.62. The molecule has 38 heavy (non-hydrogen) atoms. The van der Waals surface area contributed by atoms with Crippen molar-refractivity contribution in [2.45, 2.75) is 20.3 Å². The molecule has 5 rings (SSSR count). The zero-order valence-corrected chi connectivity index (χ0v) is 22.7. The van der Waals surface area contributed by atoms with Crippen LogP contribution in [0.3, 0.4) is 0 Å². The molecular weight excluding hydrogens is 496 g/mol. The molecule has 0 atom stereocenters. The van der Waals surface area contributed by atoms with Crippen LogP contribution < -0.4 is 10.6 Å². The van der Waals surface area contributed by atoms with Crippen LogP contribution in [0.5, 0.6) is 0 Å². The van der Waals surface area contributed by atoms with Gasteiger partial charge in [-0.1, -0.05) is 12.1 Å². The Morgan fingerprint density at radius 2 is 2.00 bits per heavy atom. The monoisotopic (exact) mass is 526 g/mol. The average Bonchev–Trinajstić information content (AvgIpc) is 3.57. The summed E-state index contributed by atoms with van der Waals surface area (Å²) in [5, 5.41) is 8.79. The maximum Gasteiger partial charge on any atom is 0.256 e. The number of aromatic nitrogens is 3. The number of amides is 2. The van der Waals surface area contributed by atoms with Crippen LogP contribution in [0, 0.1) is 13.8 Å². The summed E-state index contributed by atoms with van der Waals surface area (Å²) in [5.41, 5.74) is 8.45. The maximum atomic E-state index is 12.9. The molecule has 4 aromatic rings. The SMILES string of the molecule is Cc1[nH]c(/C=C2\C(=O)Nc3ccc(-c4csc(-c5ccccn5)n4)cc32)c(C)c1CC(=O)NCCN(C)C. The van der Waals surface area contributed by atoms with Gasteiger partial charge < -0.3 is 20.5 Å². The summed E-state index contributed by atoms with van der Waals surface area (Å²) in [7, 11) is 3.95. The lowest BCUT2D eigenvalue weighted by molar-refractivity contribution is -0.120. The second-order valence-corrected chi connectivity index (χ2v) is 10.5. The number of benzene rings is 1. The predicted molar refractivity (Wildman–Crippen MR) is 153 cm³/mol. The van der Waals surface area contributed by atoms with Crippen LogP contribution in [-0.4, -0.2) is 58.9 Å². The number of fused-ring (bicyclic) bond motifs is 1. The van der Waals surface area contributed by atoms with Gasteiger partial charge in [0.1, 0.15) is 5.01 Å². The van der Waals surface area contributed by atoms with E-state index >= 15 is 0 Å². The summed E-state index contributed by atoms with van der Waals surface area (Å²) >= 11 is 1.54. The molecule has 1 aliphatic rings. The van der Waals surface area contributed by atoms with E-state index in [0.717, 1.165) is 62.3 Å². The molecule has 1 aliphatic heterocycles. The van der Waals surface area contributed by atoms with Crippen LogP contribution in [0.2, 0.25) is 0 Å². The average molecular weight is 527 g/mol. The van der Waals surface area contributed by atoms with Gasteiger partial charge >= 0.3 is 0 Å². The topological polar surface area (TPSA) is 103 Å². The molecule has 8 nitrogen and oxygen atoms in total. The van der Waals surface area contributed by atoms with Gasteiger partial charge in [0, 0.05) is 52.9 Å². The Bertz CT molecular complexity index is 1530. The van der Waals surface area contributed by atoms with Crippen LogP contribution in [0.4, 0.5) is 5.69 Å². The molecule has 9 heteroatoms. The van der Waals surface area contributed by atoms with Crippen LogP contribution in [0.15, 0.2) is 48.0 Å². The van der Waals surface area contributed by atoms with Gasteiger partial charge in [0.15, 0.2) is 0 Å². The summed E-state index contributed by atoms with van der Waals surface area (Å²) in [6, 6.07) is 11.7. The number of aryl methyl sites for hydroxylation is 1. The third kappa shape index (κ3) is 5.29. The van der Waals surface area contributed by atoms with Gasteiger partial charge in [-0.05, 0) is 69.4 Å². The van der Waals surface area contributed by atoms with Crippen molar-refractivity contribution < 1.29 is 9.59 Å². The van der Waals surface area contributed by atoms with E-state index < -0.39 is 0 Å². The summed E-state index contributed by atoms with van der Waals surface area (Å²) in [6.07, 6.45) is 3.93. The second kappa shape index (κ2) is 10.7. The lowest BCUT2D eigenvalue weighted by atomic mass is 10.0. The number of likely N-dealkylation sites (N-methyl/N-ethyl adjacent to an activating group) is 1. The molecular formula is C29H30N6O2S. The third-order valence-electron chi connectivity index (χ3n) is 6.63. The maximum absolute atomic E-state index is 12.9. The summed E-state index contributed by atoms with van der Waals surface area (Å²) in [5.74, 6) is -0.169. The largest absolute Gasteiger partial charge is 0.359 e. The third-order valence-corrected chi connectivity index (χ3v) is 7.49. The highest BCUT2D eigenvalue weighted by molar-refractivity contribution is 7.13. The van der Waals surface area contributed by atoms with E-state index in [-0.39, 0.29) is 11.8 Å². The normalized spacial score (nSPS) is 13.7. The van der Waals surface area contributed by atoms with Crippen molar-refractivity contribution in [3.8, 4) is 22.0 Å². The number of aromatic amines is 1. The minimum Gasteiger partial charge on any atom is -0.359 e. The molecule has 0 fully saturated rings. The smallest absolute Gasteiger partial charge is 0.256 e. The molecule has 0 aliphatic carbocycles. The molecule has 0 spiro atoms. The number of H-pyrrole nitrogens is 1. The summed E-state index contributed by atoms with van der Waals surface area (Å²) < 4.78 is 0. The van der Waals surface area contributed by atoms with Gasteiger partial charge in [0.05, 0.1) is 23.4 Å². The number of thiazole rings is 1. The molecule has 0 bridgehead atoms. The minimum atomic E-state index is -0.153. The Kier molecular flexibility index (Phi) is 7.22. The molecule has 0 radical (unpaired) electrons. The number of hydrogen-bond acceptors (Lipinski definition) is 6. The molecule has 3 N–H and O–H groups in total. The van der Waals surface area contributed by atoms with Gasteiger partial charge in [0.2, 0.25) is 5.91 Å². The fourth-order valence-corrected chi connectivity index (χ4v) is 5.32. The summed E-state index contributed by atoms with van der Waals surface area (Å²) in [6.45, 7) is 5.33. The zero-order chi connectivity index (χ0) is 26.8. The lowest BCUT2D eigenvalue weighted by Crippen LogP contribution is -2.32. The molecule has 0 saturated carbocycles. The Hall–Kier alpha value is -4.08. The van der Waals surface area contributed by atoms with Gasteiger partial charge in [-0.3, -0.25) is 14.6 Å². The van der Waals surface area contributed by atoms with Crippen LogP contribution in [0.1, 0.15) is 28.1 Å². The van der Waals surface area contributed by atoms with E-state index in [9.17, 15) is 9.59 Å². The van der Waals surface area contributed by atoms with E-state index in [1.807, 2.05) is 80.7 Å². The van der Waals surface area contributed by atoms with E-state index in [1.165, 1.54) is 0 Å². The van der Waals surface area contributed by atoms with Crippen LogP contribution >= 0.6 is 11.3 Å². The number of pyridine rings is 1. The molecule has 4 heterocycles. The molecule has 0 unspecified atom stereocenters. The van der Waals surface area contributed by atoms with Crippen molar-refractivity contribution in [1.29, 1.82) is 0 Å². The number of anilines is 1. The first-order valence-electron chi connectivity index (χ1n) is 12.4. The Labute approximate surface area is 225 Å². The summed E-state index contributed by atoms with van der Waals surface area (Å²) in [4.78, 5) is 40.0. The zero-order valence-electron chi connectivity index (χ0n) is 21.9.